The Morgan fingerprint density at radius 1 is 1.03 bits per heavy atom. The van der Waals surface area contributed by atoms with E-state index >= 15 is 0 Å². The molecule has 0 radical (unpaired) electrons. The fourth-order valence-corrected chi connectivity index (χ4v) is 5.26. The molecule has 1 amide bonds. The largest absolute Gasteiger partial charge is 0.480 e. The number of pyridine rings is 1. The lowest BCUT2D eigenvalue weighted by atomic mass is 9.87. The Labute approximate surface area is 199 Å². The SMILES string of the molecule is O=C(O)COC1(c2cccnc2Br)CN(C(=O)OCC2c3ccccc3-c3ccccc32)C1. The van der Waals surface area contributed by atoms with E-state index in [0.717, 1.165) is 11.1 Å². The van der Waals surface area contributed by atoms with Crippen LogP contribution in [0.25, 0.3) is 11.1 Å². The molecule has 1 aliphatic carbocycles. The lowest BCUT2D eigenvalue weighted by molar-refractivity contribution is -0.169. The van der Waals surface area contributed by atoms with Gasteiger partial charge in [-0.05, 0) is 44.3 Å². The van der Waals surface area contributed by atoms with Crippen molar-refractivity contribution < 1.29 is 24.2 Å². The van der Waals surface area contributed by atoms with Crippen molar-refractivity contribution in [2.24, 2.45) is 0 Å². The second-order valence-corrected chi connectivity index (χ2v) is 8.93. The zero-order valence-corrected chi connectivity index (χ0v) is 19.2. The maximum atomic E-state index is 12.9. The van der Waals surface area contributed by atoms with E-state index in [1.54, 1.807) is 12.3 Å². The number of carbonyl (C=O) groups excluding carboxylic acids is 1. The van der Waals surface area contributed by atoms with Crippen LogP contribution in [0.1, 0.15) is 22.6 Å². The van der Waals surface area contributed by atoms with E-state index in [9.17, 15) is 9.59 Å². The summed E-state index contributed by atoms with van der Waals surface area (Å²) in [6.07, 6.45) is 1.17. The third-order valence-corrected chi connectivity index (χ3v) is 6.84. The molecule has 7 nitrogen and oxygen atoms in total. The molecule has 0 saturated carbocycles. The molecular weight excluding hydrogens is 488 g/mol. The Hall–Kier alpha value is -3.23. The quantitative estimate of drug-likeness (QED) is 0.496. The van der Waals surface area contributed by atoms with Crippen LogP contribution in [0, 0.1) is 0 Å². The number of nitrogens with zero attached hydrogens (tertiary/aromatic N) is 2. The van der Waals surface area contributed by atoms with Gasteiger partial charge in [-0.25, -0.2) is 14.6 Å². The molecule has 8 heteroatoms. The van der Waals surface area contributed by atoms with Crippen molar-refractivity contribution >= 4 is 28.0 Å². The fraction of sp³-hybridized carbons (Fsp3) is 0.240. The van der Waals surface area contributed by atoms with Crippen molar-refractivity contribution in [2.45, 2.75) is 11.5 Å². The number of likely N-dealkylation sites (tertiary alicyclic amines) is 1. The standard InChI is InChI=1S/C25H21BrN2O5/c26-23-21(10-5-11-27-23)25(33-13-22(29)30)14-28(15-25)24(31)32-12-20-18-8-3-1-6-16(18)17-7-2-4-9-19(17)20/h1-11,20H,12-15H2,(H,29,30). The van der Waals surface area contributed by atoms with Crippen LogP contribution in [-0.4, -0.2) is 53.4 Å². The van der Waals surface area contributed by atoms with Crippen LogP contribution in [0.5, 0.6) is 0 Å². The lowest BCUT2D eigenvalue weighted by Gasteiger charge is -2.49. The molecule has 168 valence electrons. The molecular formula is C25H21BrN2O5. The summed E-state index contributed by atoms with van der Waals surface area (Å²) < 4.78 is 12.0. The number of ether oxygens (including phenoxy) is 2. The van der Waals surface area contributed by atoms with E-state index in [-0.39, 0.29) is 25.6 Å². The first kappa shape index (κ1) is 21.6. The first-order chi connectivity index (χ1) is 16.0. The van der Waals surface area contributed by atoms with Crippen molar-refractivity contribution in [3.05, 3.63) is 88.2 Å². The summed E-state index contributed by atoms with van der Waals surface area (Å²) in [4.78, 5) is 29.7. The predicted molar refractivity (Wildman–Crippen MR) is 124 cm³/mol. The highest BCUT2D eigenvalue weighted by Gasteiger charge is 2.50. The molecule has 1 N–H and O–H groups in total. The van der Waals surface area contributed by atoms with Gasteiger partial charge in [0.1, 0.15) is 23.4 Å². The van der Waals surface area contributed by atoms with Crippen LogP contribution in [0.4, 0.5) is 4.79 Å². The van der Waals surface area contributed by atoms with Crippen LogP contribution >= 0.6 is 15.9 Å². The first-order valence-electron chi connectivity index (χ1n) is 10.6. The van der Waals surface area contributed by atoms with Crippen molar-refractivity contribution in [3.63, 3.8) is 0 Å². The minimum atomic E-state index is -1.08. The van der Waals surface area contributed by atoms with Gasteiger partial charge in [-0.1, -0.05) is 54.6 Å². The molecule has 2 heterocycles. The van der Waals surface area contributed by atoms with E-state index in [1.165, 1.54) is 16.0 Å². The molecule has 1 aromatic heterocycles. The van der Waals surface area contributed by atoms with Gasteiger partial charge in [-0.2, -0.15) is 0 Å². The number of fused-ring (bicyclic) bond motifs is 3. The third kappa shape index (κ3) is 3.89. The molecule has 33 heavy (non-hydrogen) atoms. The van der Waals surface area contributed by atoms with Gasteiger partial charge in [-0.3, -0.25) is 0 Å². The number of benzene rings is 2. The number of halogens is 1. The topological polar surface area (TPSA) is 89.0 Å². The highest BCUT2D eigenvalue weighted by Crippen LogP contribution is 2.45. The monoisotopic (exact) mass is 508 g/mol. The summed E-state index contributed by atoms with van der Waals surface area (Å²) in [7, 11) is 0. The lowest BCUT2D eigenvalue weighted by Crippen LogP contribution is -2.63. The summed E-state index contributed by atoms with van der Waals surface area (Å²) >= 11 is 3.40. The van der Waals surface area contributed by atoms with Crippen LogP contribution in [-0.2, 0) is 19.9 Å². The van der Waals surface area contributed by atoms with Gasteiger partial charge in [0.15, 0.2) is 0 Å². The highest BCUT2D eigenvalue weighted by atomic mass is 79.9. The Bertz CT molecular complexity index is 1180. The van der Waals surface area contributed by atoms with Crippen molar-refractivity contribution in [2.75, 3.05) is 26.3 Å². The number of carboxylic acids is 1. The van der Waals surface area contributed by atoms with E-state index in [1.807, 2.05) is 30.3 Å². The van der Waals surface area contributed by atoms with Crippen molar-refractivity contribution in [3.8, 4) is 11.1 Å². The Kier molecular flexibility index (Phi) is 5.64. The molecule has 0 bridgehead atoms. The Balaban J connectivity index is 1.29. The minimum Gasteiger partial charge on any atom is -0.480 e. The zero-order chi connectivity index (χ0) is 23.0. The van der Waals surface area contributed by atoms with E-state index in [2.05, 4.69) is 45.2 Å². The average molecular weight is 509 g/mol. The molecule has 0 spiro atoms. The second kappa shape index (κ2) is 8.61. The van der Waals surface area contributed by atoms with Gasteiger partial charge in [-0.15, -0.1) is 0 Å². The van der Waals surface area contributed by atoms with Gasteiger partial charge in [0.05, 0.1) is 13.1 Å². The summed E-state index contributed by atoms with van der Waals surface area (Å²) in [5.74, 6) is -1.10. The average Bonchev–Trinajstić information content (AvgIpc) is 3.11. The number of aromatic nitrogens is 1. The minimum absolute atomic E-state index is 0.0249. The summed E-state index contributed by atoms with van der Waals surface area (Å²) in [6.45, 7) is 0.116. The number of carboxylic acid groups (broad SMARTS) is 1. The zero-order valence-electron chi connectivity index (χ0n) is 17.6. The molecule has 2 aromatic carbocycles. The number of amides is 1. The Morgan fingerprint density at radius 2 is 1.67 bits per heavy atom. The molecule has 0 unspecified atom stereocenters. The molecule has 0 atom stereocenters. The van der Waals surface area contributed by atoms with Gasteiger partial charge in [0.25, 0.3) is 0 Å². The maximum Gasteiger partial charge on any atom is 0.410 e. The molecule has 1 aliphatic heterocycles. The predicted octanol–water partition coefficient (Wildman–Crippen LogP) is 4.41. The first-order valence-corrected chi connectivity index (χ1v) is 11.3. The third-order valence-electron chi connectivity index (χ3n) is 6.21. The maximum absolute atomic E-state index is 12.9. The number of hydrogen-bond donors (Lipinski definition) is 1. The van der Waals surface area contributed by atoms with Crippen LogP contribution in [0.15, 0.2) is 71.5 Å². The van der Waals surface area contributed by atoms with Crippen molar-refractivity contribution in [1.29, 1.82) is 0 Å². The number of aliphatic carboxylic acids is 1. The molecule has 1 saturated heterocycles. The van der Waals surface area contributed by atoms with Gasteiger partial charge < -0.3 is 19.5 Å². The molecule has 3 aromatic rings. The molecule has 1 fully saturated rings. The molecule has 5 rings (SSSR count). The van der Waals surface area contributed by atoms with Crippen LogP contribution < -0.4 is 0 Å². The smallest absolute Gasteiger partial charge is 0.410 e. The summed E-state index contributed by atoms with van der Waals surface area (Å²) in [5, 5.41) is 9.10. The summed E-state index contributed by atoms with van der Waals surface area (Å²) in [6, 6.07) is 19.9. The van der Waals surface area contributed by atoms with Gasteiger partial charge in [0.2, 0.25) is 0 Å². The Morgan fingerprint density at radius 3 is 2.27 bits per heavy atom. The number of carbonyl (C=O) groups is 2. The summed E-state index contributed by atoms with van der Waals surface area (Å²) in [5.41, 5.74) is 4.38. The van der Waals surface area contributed by atoms with Gasteiger partial charge >= 0.3 is 12.1 Å². The van der Waals surface area contributed by atoms with Gasteiger partial charge in [0, 0.05) is 17.7 Å². The van der Waals surface area contributed by atoms with E-state index < -0.39 is 24.3 Å². The number of hydrogen-bond acceptors (Lipinski definition) is 5. The van der Waals surface area contributed by atoms with Crippen molar-refractivity contribution in [1.82, 2.24) is 9.88 Å². The fourth-order valence-electron chi connectivity index (χ4n) is 4.65. The van der Waals surface area contributed by atoms with E-state index in [0.29, 0.717) is 10.2 Å². The molecule has 2 aliphatic rings. The normalized spacial score (nSPS) is 16.0. The van der Waals surface area contributed by atoms with E-state index in [4.69, 9.17) is 14.6 Å². The second-order valence-electron chi connectivity index (χ2n) is 8.18. The highest BCUT2D eigenvalue weighted by molar-refractivity contribution is 9.10. The van der Waals surface area contributed by atoms with Crippen LogP contribution in [0.2, 0.25) is 0 Å². The van der Waals surface area contributed by atoms with Crippen LogP contribution in [0.3, 0.4) is 0 Å². The number of rotatable bonds is 6.